The van der Waals surface area contributed by atoms with Crippen LogP contribution < -0.4 is 0 Å². The van der Waals surface area contributed by atoms with Gasteiger partial charge in [-0.15, -0.1) is 0 Å². The van der Waals surface area contributed by atoms with E-state index >= 15 is 0 Å². The number of alkyl halides is 2. The smallest absolute Gasteiger partial charge is 0.427 e. The van der Waals surface area contributed by atoms with E-state index in [-0.39, 0.29) is 11.7 Å². The molecule has 76 valence electrons. The summed E-state index contributed by atoms with van der Waals surface area (Å²) in [4.78, 5) is 0. The van der Waals surface area contributed by atoms with Gasteiger partial charge in [0.2, 0.25) is 0 Å². The Kier molecular flexibility index (Phi) is 2.28. The van der Waals surface area contributed by atoms with E-state index in [0.29, 0.717) is 16.8 Å². The molecular weight excluding hydrogens is 193 g/mol. The molecule has 2 atom stereocenters. The molecule has 0 aromatic carbocycles. The van der Waals surface area contributed by atoms with Crippen molar-refractivity contribution in [2.45, 2.75) is 24.7 Å². The number of rotatable bonds is 3. The molecule has 14 heavy (non-hydrogen) atoms. The summed E-state index contributed by atoms with van der Waals surface area (Å²) in [6.07, 6.45) is 1.79. The van der Waals surface area contributed by atoms with Crippen LogP contribution in [0.15, 0.2) is 12.3 Å². The van der Waals surface area contributed by atoms with Gasteiger partial charge in [-0.1, -0.05) is 0 Å². The third kappa shape index (κ3) is 1.65. The van der Waals surface area contributed by atoms with Crippen LogP contribution in [0.5, 0.6) is 0 Å². The second-order valence-electron chi connectivity index (χ2n) is 3.42. The number of hydrogen-bond donors (Lipinski definition) is 2. The molecule has 0 aliphatic heterocycles. The molecular formula is C7H9BF2N2O2. The Morgan fingerprint density at radius 3 is 2.71 bits per heavy atom. The zero-order valence-electron chi connectivity index (χ0n) is 7.22. The number of nitrogens with zero attached hydrogens (tertiary/aromatic N) is 2. The lowest BCUT2D eigenvalue weighted by Gasteiger charge is -1.97. The van der Waals surface area contributed by atoms with Crippen LogP contribution >= 0.6 is 0 Å². The van der Waals surface area contributed by atoms with Crippen molar-refractivity contribution in [2.24, 2.45) is 0 Å². The average molecular weight is 202 g/mol. The van der Waals surface area contributed by atoms with Crippen LogP contribution in [0.2, 0.25) is 5.82 Å². The lowest BCUT2D eigenvalue weighted by atomic mass is 9.82. The van der Waals surface area contributed by atoms with Crippen molar-refractivity contribution in [3.8, 4) is 0 Å². The Balaban J connectivity index is 2.05. The Labute approximate surface area is 79.3 Å². The van der Waals surface area contributed by atoms with Crippen LogP contribution in [0, 0.1) is 0 Å². The Morgan fingerprint density at radius 1 is 1.57 bits per heavy atom. The first-order chi connectivity index (χ1) is 6.59. The zero-order chi connectivity index (χ0) is 10.3. The Hall–Kier alpha value is -0.945. The van der Waals surface area contributed by atoms with Crippen molar-refractivity contribution < 1.29 is 18.8 Å². The first kappa shape index (κ1) is 9.60. The molecule has 0 bridgehead atoms. The first-order valence-corrected chi connectivity index (χ1v) is 4.29. The van der Waals surface area contributed by atoms with Gasteiger partial charge < -0.3 is 10.0 Å². The Bertz CT molecular complexity index is 331. The summed E-state index contributed by atoms with van der Waals surface area (Å²) in [5.74, 6) is -0.342. The van der Waals surface area contributed by atoms with Crippen molar-refractivity contribution in [1.82, 2.24) is 9.78 Å². The summed E-state index contributed by atoms with van der Waals surface area (Å²) < 4.78 is 24.8. The molecule has 0 radical (unpaired) electrons. The van der Waals surface area contributed by atoms with Gasteiger partial charge in [-0.05, 0) is 12.5 Å². The first-order valence-electron chi connectivity index (χ1n) is 4.29. The summed E-state index contributed by atoms with van der Waals surface area (Å²) in [6.45, 7) is -2.64. The zero-order valence-corrected chi connectivity index (χ0v) is 7.22. The minimum Gasteiger partial charge on any atom is -0.427 e. The van der Waals surface area contributed by atoms with E-state index < -0.39 is 13.7 Å². The molecule has 1 aliphatic rings. The van der Waals surface area contributed by atoms with Gasteiger partial charge in [-0.3, -0.25) is 0 Å². The minimum atomic E-state index is -2.64. The SMILES string of the molecule is OB(O)C1CC1c1ccn(C(F)F)n1. The molecule has 2 N–H and O–H groups in total. The fraction of sp³-hybridized carbons (Fsp3) is 0.571. The normalized spacial score (nSPS) is 25.5. The van der Waals surface area contributed by atoms with Crippen molar-refractivity contribution in [1.29, 1.82) is 0 Å². The van der Waals surface area contributed by atoms with Gasteiger partial charge in [0.25, 0.3) is 0 Å². The third-order valence-electron chi connectivity index (χ3n) is 2.43. The van der Waals surface area contributed by atoms with E-state index in [0.717, 1.165) is 0 Å². The number of halogens is 2. The molecule has 0 spiro atoms. The second kappa shape index (κ2) is 3.32. The van der Waals surface area contributed by atoms with Gasteiger partial charge in [0.1, 0.15) is 0 Å². The van der Waals surface area contributed by atoms with Gasteiger partial charge in [0.05, 0.1) is 5.69 Å². The standard InChI is InChI=1S/C7H9BF2N2O2/c9-7(10)12-2-1-6(11-12)4-3-5(4)8(13)14/h1-2,4-5,7,13-14H,3H2. The Morgan fingerprint density at radius 2 is 2.29 bits per heavy atom. The van der Waals surface area contributed by atoms with Crippen molar-refractivity contribution >= 4 is 7.12 Å². The van der Waals surface area contributed by atoms with Crippen LogP contribution in [0.25, 0.3) is 0 Å². The van der Waals surface area contributed by atoms with E-state index in [1.807, 2.05) is 0 Å². The van der Waals surface area contributed by atoms with Crippen LogP contribution in [0.4, 0.5) is 8.78 Å². The molecule has 1 aromatic heterocycles. The molecule has 0 saturated heterocycles. The molecule has 1 saturated carbocycles. The van der Waals surface area contributed by atoms with Crippen molar-refractivity contribution in [3.63, 3.8) is 0 Å². The van der Waals surface area contributed by atoms with E-state index in [9.17, 15) is 8.78 Å². The van der Waals surface area contributed by atoms with Crippen LogP contribution in [0.3, 0.4) is 0 Å². The minimum absolute atomic E-state index is 0.0880. The predicted octanol–water partition coefficient (Wildman–Crippen LogP) is 0.609. The van der Waals surface area contributed by atoms with Gasteiger partial charge in [-0.25, -0.2) is 4.68 Å². The fourth-order valence-corrected chi connectivity index (χ4v) is 1.54. The van der Waals surface area contributed by atoms with E-state index in [2.05, 4.69) is 5.10 Å². The predicted molar refractivity (Wildman–Crippen MR) is 44.8 cm³/mol. The molecule has 1 aromatic rings. The molecule has 0 amide bonds. The third-order valence-corrected chi connectivity index (χ3v) is 2.43. The highest BCUT2D eigenvalue weighted by Crippen LogP contribution is 2.53. The average Bonchev–Trinajstić information content (AvgIpc) is 2.76. The van der Waals surface area contributed by atoms with E-state index in [1.54, 1.807) is 0 Å². The molecule has 2 rings (SSSR count). The van der Waals surface area contributed by atoms with E-state index in [1.165, 1.54) is 12.3 Å². The quantitative estimate of drug-likeness (QED) is 0.705. The fourth-order valence-electron chi connectivity index (χ4n) is 1.54. The number of hydrogen-bond acceptors (Lipinski definition) is 3. The van der Waals surface area contributed by atoms with Gasteiger partial charge >= 0.3 is 13.7 Å². The van der Waals surface area contributed by atoms with Gasteiger partial charge in [-0.2, -0.15) is 13.9 Å². The lowest BCUT2D eigenvalue weighted by molar-refractivity contribution is 0.0562. The van der Waals surface area contributed by atoms with Crippen LogP contribution in [0.1, 0.15) is 24.6 Å². The maximum absolute atomic E-state index is 12.1. The summed E-state index contributed by atoms with van der Waals surface area (Å²) >= 11 is 0. The van der Waals surface area contributed by atoms with Crippen molar-refractivity contribution in [3.05, 3.63) is 18.0 Å². The summed E-state index contributed by atoms with van der Waals surface area (Å²) in [5.41, 5.74) is 0.503. The van der Waals surface area contributed by atoms with Gasteiger partial charge in [0.15, 0.2) is 0 Å². The molecule has 7 heteroatoms. The summed E-state index contributed by atoms with van der Waals surface area (Å²) in [5, 5.41) is 21.3. The van der Waals surface area contributed by atoms with Gasteiger partial charge in [0, 0.05) is 17.9 Å². The molecule has 4 nitrogen and oxygen atoms in total. The highest BCUT2D eigenvalue weighted by atomic mass is 19.3. The largest absolute Gasteiger partial charge is 0.455 e. The maximum Gasteiger partial charge on any atom is 0.455 e. The summed E-state index contributed by atoms with van der Waals surface area (Å²) in [6, 6.07) is 1.49. The second-order valence-corrected chi connectivity index (χ2v) is 3.42. The lowest BCUT2D eigenvalue weighted by Crippen LogP contribution is -2.11. The molecule has 1 fully saturated rings. The molecule has 2 unspecified atom stereocenters. The van der Waals surface area contributed by atoms with Crippen LogP contribution in [-0.2, 0) is 0 Å². The number of aromatic nitrogens is 2. The maximum atomic E-state index is 12.1. The summed E-state index contributed by atoms with van der Waals surface area (Å²) in [7, 11) is -1.38. The van der Waals surface area contributed by atoms with Crippen LogP contribution in [-0.4, -0.2) is 26.9 Å². The highest BCUT2D eigenvalue weighted by molar-refractivity contribution is 6.44. The molecule has 1 aliphatic carbocycles. The monoisotopic (exact) mass is 202 g/mol. The topological polar surface area (TPSA) is 58.3 Å². The highest BCUT2D eigenvalue weighted by Gasteiger charge is 2.47. The molecule has 1 heterocycles. The van der Waals surface area contributed by atoms with E-state index in [4.69, 9.17) is 10.0 Å². The van der Waals surface area contributed by atoms with Crippen molar-refractivity contribution in [2.75, 3.05) is 0 Å².